The normalized spacial score (nSPS) is 25.6. The van der Waals surface area contributed by atoms with E-state index in [1.54, 1.807) is 60.7 Å². The van der Waals surface area contributed by atoms with Gasteiger partial charge in [-0.05, 0) is 24.6 Å². The third-order valence-corrected chi connectivity index (χ3v) is 6.69. The zero-order chi connectivity index (χ0) is 21.6. The first-order valence-electron chi connectivity index (χ1n) is 10.3. The third-order valence-electron chi connectivity index (χ3n) is 6.69. The number of anilines is 1. The maximum Gasteiger partial charge on any atom is 0.328 e. The van der Waals surface area contributed by atoms with E-state index in [0.717, 1.165) is 5.56 Å². The molecule has 0 spiro atoms. The van der Waals surface area contributed by atoms with Crippen molar-refractivity contribution in [2.75, 3.05) is 5.32 Å². The fraction of sp³-hybridized carbons (Fsp3) is 0.192. The zero-order valence-electron chi connectivity index (χ0n) is 17.0. The van der Waals surface area contributed by atoms with Crippen LogP contribution < -0.4 is 10.1 Å². The number of fused-ring (bicyclic) bond motifs is 3. The Morgan fingerprint density at radius 3 is 2.19 bits per heavy atom. The Balaban J connectivity index is 1.68. The number of para-hydroxylation sites is 2. The minimum atomic E-state index is -1.61. The second-order valence-corrected chi connectivity index (χ2v) is 8.01. The predicted molar refractivity (Wildman–Crippen MR) is 116 cm³/mol. The van der Waals surface area contributed by atoms with Gasteiger partial charge in [0, 0.05) is 22.7 Å². The van der Waals surface area contributed by atoms with Crippen molar-refractivity contribution in [1.29, 1.82) is 0 Å². The molecule has 1 amide bonds. The van der Waals surface area contributed by atoms with Gasteiger partial charge in [-0.15, -0.1) is 0 Å². The summed E-state index contributed by atoms with van der Waals surface area (Å²) in [7, 11) is 0. The second-order valence-electron chi connectivity index (χ2n) is 8.01. The molecule has 1 aliphatic carbocycles. The van der Waals surface area contributed by atoms with Gasteiger partial charge in [-0.1, -0.05) is 73.7 Å². The lowest BCUT2D eigenvalue weighted by molar-refractivity contribution is -0.147. The molecule has 5 heteroatoms. The topological polar surface area (TPSA) is 72.5 Å². The Labute approximate surface area is 180 Å². The first kappa shape index (κ1) is 19.2. The maximum atomic E-state index is 13.9. The molecule has 0 radical (unpaired) electrons. The van der Waals surface area contributed by atoms with Gasteiger partial charge < -0.3 is 10.1 Å². The van der Waals surface area contributed by atoms with Crippen LogP contribution in [-0.2, 0) is 9.59 Å². The van der Waals surface area contributed by atoms with Crippen molar-refractivity contribution in [1.82, 2.24) is 0 Å². The van der Waals surface area contributed by atoms with Crippen molar-refractivity contribution in [2.45, 2.75) is 19.3 Å². The Morgan fingerprint density at radius 2 is 1.52 bits per heavy atom. The number of esters is 1. The Bertz CT molecular complexity index is 1190. The SMILES string of the molecule is CC[C@@]1(C(=O)c2ccccc2)[C@@H]2c3ccccc3OC(=O)[C@@]21C(=O)Nc1ccccc1. The number of carbonyl (C=O) groups is 3. The summed E-state index contributed by atoms with van der Waals surface area (Å²) >= 11 is 0. The number of Topliss-reactive ketones (excluding diaryl/α,β-unsaturated/α-hetero) is 1. The van der Waals surface area contributed by atoms with E-state index in [-0.39, 0.29) is 5.78 Å². The highest BCUT2D eigenvalue weighted by Gasteiger charge is 2.89. The number of hydrogen-bond donors (Lipinski definition) is 1. The van der Waals surface area contributed by atoms with Gasteiger partial charge in [0.1, 0.15) is 5.75 Å². The van der Waals surface area contributed by atoms with Gasteiger partial charge in [0.25, 0.3) is 0 Å². The van der Waals surface area contributed by atoms with Crippen LogP contribution in [0.1, 0.15) is 35.2 Å². The first-order valence-corrected chi connectivity index (χ1v) is 10.3. The Kier molecular flexibility index (Phi) is 4.29. The fourth-order valence-corrected chi connectivity index (χ4v) is 5.30. The molecule has 3 aromatic carbocycles. The molecule has 1 N–H and O–H groups in total. The van der Waals surface area contributed by atoms with Gasteiger partial charge in [0.2, 0.25) is 5.91 Å². The highest BCUT2D eigenvalue weighted by atomic mass is 16.5. The van der Waals surface area contributed by atoms with E-state index in [0.29, 0.717) is 23.4 Å². The molecule has 5 rings (SSSR count). The van der Waals surface area contributed by atoms with E-state index in [9.17, 15) is 14.4 Å². The molecule has 0 aromatic heterocycles. The summed E-state index contributed by atoms with van der Waals surface area (Å²) in [6.07, 6.45) is 0.330. The smallest absolute Gasteiger partial charge is 0.328 e. The monoisotopic (exact) mass is 411 g/mol. The van der Waals surface area contributed by atoms with Crippen molar-refractivity contribution in [3.63, 3.8) is 0 Å². The predicted octanol–water partition coefficient (Wildman–Crippen LogP) is 4.61. The van der Waals surface area contributed by atoms with E-state index >= 15 is 0 Å². The van der Waals surface area contributed by atoms with E-state index in [4.69, 9.17) is 4.74 Å². The van der Waals surface area contributed by atoms with E-state index in [2.05, 4.69) is 5.32 Å². The van der Waals surface area contributed by atoms with E-state index in [1.807, 2.05) is 31.2 Å². The van der Waals surface area contributed by atoms with Crippen molar-refractivity contribution in [3.8, 4) is 5.75 Å². The van der Waals surface area contributed by atoms with Gasteiger partial charge >= 0.3 is 5.97 Å². The number of ketones is 1. The molecule has 3 aromatic rings. The second kappa shape index (κ2) is 6.91. The molecule has 0 saturated heterocycles. The van der Waals surface area contributed by atoms with Crippen molar-refractivity contribution in [2.24, 2.45) is 10.8 Å². The van der Waals surface area contributed by atoms with Crippen molar-refractivity contribution in [3.05, 3.63) is 96.1 Å². The highest BCUT2D eigenvalue weighted by molar-refractivity contribution is 6.23. The number of ether oxygens (including phenoxy) is 1. The number of nitrogens with one attached hydrogen (secondary N) is 1. The van der Waals surface area contributed by atoms with Crippen LogP contribution in [0.25, 0.3) is 0 Å². The molecule has 1 aliphatic heterocycles. The highest BCUT2D eigenvalue weighted by Crippen LogP contribution is 2.80. The number of rotatable bonds is 5. The molecule has 1 fully saturated rings. The molecule has 1 heterocycles. The van der Waals surface area contributed by atoms with Crippen LogP contribution in [0.5, 0.6) is 5.75 Å². The quantitative estimate of drug-likeness (QED) is 0.288. The summed E-state index contributed by atoms with van der Waals surface area (Å²) < 4.78 is 5.64. The van der Waals surface area contributed by atoms with Crippen molar-refractivity contribution >= 4 is 23.3 Å². The largest absolute Gasteiger partial charge is 0.425 e. The van der Waals surface area contributed by atoms with Crippen LogP contribution in [-0.4, -0.2) is 17.7 Å². The summed E-state index contributed by atoms with van der Waals surface area (Å²) in [6.45, 7) is 1.85. The molecule has 154 valence electrons. The standard InChI is InChI=1S/C26H21NO4/c1-2-25(22(28)17-11-5-3-6-12-17)21-19-15-9-10-16-20(19)31-24(30)26(21,25)23(29)27-18-13-7-4-8-14-18/h3-16,21H,2H2,1H3,(H,27,29)/t21-,25-,26-/m0/s1. The van der Waals surface area contributed by atoms with E-state index in [1.165, 1.54) is 0 Å². The molecule has 1 saturated carbocycles. The van der Waals surface area contributed by atoms with Crippen LogP contribution in [0.3, 0.4) is 0 Å². The summed E-state index contributed by atoms with van der Waals surface area (Å²) in [5, 5.41) is 2.86. The lowest BCUT2D eigenvalue weighted by Crippen LogP contribution is -2.42. The van der Waals surface area contributed by atoms with Gasteiger partial charge in [-0.3, -0.25) is 14.4 Å². The molecule has 0 bridgehead atoms. The van der Waals surface area contributed by atoms with Crippen molar-refractivity contribution < 1.29 is 19.1 Å². The maximum absolute atomic E-state index is 13.9. The minimum absolute atomic E-state index is 0.211. The number of hydrogen-bond acceptors (Lipinski definition) is 4. The summed E-state index contributed by atoms with van der Waals surface area (Å²) in [6, 6.07) is 25.0. The van der Waals surface area contributed by atoms with Crippen LogP contribution in [0.2, 0.25) is 0 Å². The van der Waals surface area contributed by atoms with Crippen LogP contribution in [0.15, 0.2) is 84.9 Å². The molecule has 31 heavy (non-hydrogen) atoms. The van der Waals surface area contributed by atoms with Gasteiger partial charge in [-0.25, -0.2) is 0 Å². The van der Waals surface area contributed by atoms with Crippen LogP contribution in [0.4, 0.5) is 5.69 Å². The Morgan fingerprint density at radius 1 is 0.903 bits per heavy atom. The molecule has 5 nitrogen and oxygen atoms in total. The molecule has 3 atom stereocenters. The summed E-state index contributed by atoms with van der Waals surface area (Å²) in [5.41, 5.74) is -1.06. The Hall–Kier alpha value is -3.73. The van der Waals surface area contributed by atoms with Gasteiger partial charge in [0.15, 0.2) is 11.2 Å². The first-order chi connectivity index (χ1) is 15.1. The molecule has 0 unspecified atom stereocenters. The summed E-state index contributed by atoms with van der Waals surface area (Å²) in [5.74, 6) is -1.56. The molecular formula is C26H21NO4. The number of carbonyl (C=O) groups excluding carboxylic acids is 3. The number of amides is 1. The van der Waals surface area contributed by atoms with Crippen LogP contribution >= 0.6 is 0 Å². The zero-order valence-corrected chi connectivity index (χ0v) is 17.0. The van der Waals surface area contributed by atoms with E-state index < -0.39 is 28.6 Å². The van der Waals surface area contributed by atoms with Crippen LogP contribution in [0, 0.1) is 10.8 Å². The van der Waals surface area contributed by atoms with Gasteiger partial charge in [-0.2, -0.15) is 0 Å². The molecule has 2 aliphatic rings. The lowest BCUT2D eigenvalue weighted by atomic mass is 9.82. The third kappa shape index (κ3) is 2.46. The summed E-state index contributed by atoms with van der Waals surface area (Å²) in [4.78, 5) is 41.0. The lowest BCUT2D eigenvalue weighted by Gasteiger charge is -2.23. The number of benzene rings is 3. The molecular weight excluding hydrogens is 390 g/mol. The average Bonchev–Trinajstić information content (AvgIpc) is 3.47. The fourth-order valence-electron chi connectivity index (χ4n) is 5.30. The average molecular weight is 411 g/mol. The van der Waals surface area contributed by atoms with Gasteiger partial charge in [0.05, 0.1) is 5.41 Å². The minimum Gasteiger partial charge on any atom is -0.425 e.